The summed E-state index contributed by atoms with van der Waals surface area (Å²) in [7, 11) is 0. The highest BCUT2D eigenvalue weighted by atomic mass is 16.5. The Balaban J connectivity index is 2.35. The normalized spacial score (nSPS) is 12.2. The van der Waals surface area contributed by atoms with Crippen LogP contribution in [-0.4, -0.2) is 27.5 Å². The zero-order valence-electron chi connectivity index (χ0n) is 13.4. The van der Waals surface area contributed by atoms with Gasteiger partial charge in [0.2, 0.25) is 5.88 Å². The lowest BCUT2D eigenvalue weighted by Gasteiger charge is -2.18. The lowest BCUT2D eigenvalue weighted by Crippen LogP contribution is -2.17. The van der Waals surface area contributed by atoms with Crippen molar-refractivity contribution in [2.45, 2.75) is 27.2 Å². The standard InChI is InChI=1S/C16H19N5O2/c1-16(2,3)8-23-15-12-11(5-4-10(6-17)13(18)22)7-19-14(12)20-9-21-15/h4,7,9H,5,8H2,1-3H3,(H2,18,22)(H,19,20,21). The highest BCUT2D eigenvalue weighted by molar-refractivity contribution is 5.96. The van der Waals surface area contributed by atoms with E-state index in [4.69, 9.17) is 15.7 Å². The maximum atomic E-state index is 11.1. The van der Waals surface area contributed by atoms with Crippen molar-refractivity contribution >= 4 is 16.9 Å². The number of hydrogen-bond donors (Lipinski definition) is 2. The van der Waals surface area contributed by atoms with E-state index >= 15 is 0 Å². The van der Waals surface area contributed by atoms with Crippen LogP contribution < -0.4 is 10.5 Å². The van der Waals surface area contributed by atoms with Gasteiger partial charge in [0, 0.05) is 6.20 Å². The summed E-state index contributed by atoms with van der Waals surface area (Å²) in [5.74, 6) is -0.264. The number of primary amides is 1. The van der Waals surface area contributed by atoms with Gasteiger partial charge in [-0.25, -0.2) is 9.97 Å². The maximum Gasteiger partial charge on any atom is 0.259 e. The first-order valence-corrected chi connectivity index (χ1v) is 7.15. The number of carbonyl (C=O) groups is 1. The molecule has 0 aliphatic heterocycles. The van der Waals surface area contributed by atoms with Crippen LogP contribution in [0.25, 0.3) is 11.0 Å². The van der Waals surface area contributed by atoms with Gasteiger partial charge in [-0.15, -0.1) is 0 Å². The molecular weight excluding hydrogens is 294 g/mol. The van der Waals surface area contributed by atoms with Gasteiger partial charge in [-0.1, -0.05) is 26.8 Å². The molecule has 0 aliphatic rings. The topological polar surface area (TPSA) is 118 Å². The third-order valence-corrected chi connectivity index (χ3v) is 3.07. The van der Waals surface area contributed by atoms with E-state index in [0.717, 1.165) is 10.9 Å². The predicted molar refractivity (Wildman–Crippen MR) is 85.4 cm³/mol. The van der Waals surface area contributed by atoms with E-state index in [1.54, 1.807) is 12.3 Å². The van der Waals surface area contributed by atoms with Crippen LogP contribution in [0.15, 0.2) is 24.2 Å². The first-order chi connectivity index (χ1) is 10.8. The molecule has 23 heavy (non-hydrogen) atoms. The number of hydrogen-bond acceptors (Lipinski definition) is 5. The number of rotatable bonds is 5. The molecule has 0 fully saturated rings. The fraction of sp³-hybridized carbons (Fsp3) is 0.375. The minimum Gasteiger partial charge on any atom is -0.477 e. The largest absolute Gasteiger partial charge is 0.477 e. The van der Waals surface area contributed by atoms with Gasteiger partial charge in [-0.3, -0.25) is 4.79 Å². The lowest BCUT2D eigenvalue weighted by molar-refractivity contribution is -0.114. The van der Waals surface area contributed by atoms with Gasteiger partial charge in [0.1, 0.15) is 23.6 Å². The van der Waals surface area contributed by atoms with E-state index in [0.29, 0.717) is 24.6 Å². The molecule has 2 heterocycles. The summed E-state index contributed by atoms with van der Waals surface area (Å²) < 4.78 is 5.81. The van der Waals surface area contributed by atoms with E-state index in [2.05, 4.69) is 35.7 Å². The SMILES string of the molecule is CC(C)(C)COc1ncnc2[nH]cc(CC=C(C#N)C(N)=O)c12. The molecule has 0 aliphatic carbocycles. The van der Waals surface area contributed by atoms with Gasteiger partial charge in [0.15, 0.2) is 0 Å². The average molecular weight is 313 g/mol. The summed E-state index contributed by atoms with van der Waals surface area (Å²) >= 11 is 0. The van der Waals surface area contributed by atoms with Crippen LogP contribution in [0.3, 0.4) is 0 Å². The van der Waals surface area contributed by atoms with Gasteiger partial charge < -0.3 is 15.5 Å². The molecule has 0 bridgehead atoms. The van der Waals surface area contributed by atoms with Crippen molar-refractivity contribution in [1.82, 2.24) is 15.0 Å². The number of ether oxygens (including phenoxy) is 1. The van der Waals surface area contributed by atoms with Gasteiger partial charge in [0.05, 0.1) is 12.0 Å². The van der Waals surface area contributed by atoms with Crippen LogP contribution >= 0.6 is 0 Å². The smallest absolute Gasteiger partial charge is 0.259 e. The summed E-state index contributed by atoms with van der Waals surface area (Å²) in [5.41, 5.74) is 6.53. The van der Waals surface area contributed by atoms with Crippen LogP contribution in [0, 0.1) is 16.7 Å². The number of nitrogens with one attached hydrogen (secondary N) is 1. The minimum atomic E-state index is -0.743. The molecule has 1 amide bonds. The first-order valence-electron chi connectivity index (χ1n) is 7.15. The summed E-state index contributed by atoms with van der Waals surface area (Å²) in [6.07, 6.45) is 5.03. The van der Waals surface area contributed by atoms with Crippen LogP contribution in [0.5, 0.6) is 5.88 Å². The fourth-order valence-electron chi connectivity index (χ4n) is 1.96. The molecule has 0 aromatic carbocycles. The Bertz CT molecular complexity index is 793. The Morgan fingerprint density at radius 2 is 2.22 bits per heavy atom. The van der Waals surface area contributed by atoms with Crippen LogP contribution in [0.4, 0.5) is 0 Å². The molecule has 0 radical (unpaired) electrons. The summed E-state index contributed by atoms with van der Waals surface area (Å²) in [4.78, 5) is 22.5. The number of amides is 1. The van der Waals surface area contributed by atoms with Crippen molar-refractivity contribution in [3.8, 4) is 11.9 Å². The van der Waals surface area contributed by atoms with Gasteiger partial charge >= 0.3 is 0 Å². The molecule has 0 spiro atoms. The number of aromatic nitrogens is 3. The van der Waals surface area contributed by atoms with Crippen molar-refractivity contribution in [3.05, 3.63) is 29.7 Å². The summed E-state index contributed by atoms with van der Waals surface area (Å²) in [5, 5.41) is 9.64. The summed E-state index contributed by atoms with van der Waals surface area (Å²) in [6.45, 7) is 6.71. The summed E-state index contributed by atoms with van der Waals surface area (Å²) in [6, 6.07) is 1.79. The molecule has 2 aromatic rings. The van der Waals surface area contributed by atoms with Gasteiger partial charge in [0.25, 0.3) is 5.91 Å². The van der Waals surface area contributed by atoms with E-state index < -0.39 is 5.91 Å². The number of nitrogens with zero attached hydrogens (tertiary/aromatic N) is 3. The number of H-pyrrole nitrogens is 1. The van der Waals surface area contributed by atoms with Gasteiger partial charge in [-0.2, -0.15) is 5.26 Å². The number of nitriles is 1. The molecule has 2 rings (SSSR count). The van der Waals surface area contributed by atoms with Crippen molar-refractivity contribution in [2.24, 2.45) is 11.1 Å². The van der Waals surface area contributed by atoms with Crippen molar-refractivity contribution in [3.63, 3.8) is 0 Å². The highest BCUT2D eigenvalue weighted by Crippen LogP contribution is 2.27. The van der Waals surface area contributed by atoms with E-state index in [-0.39, 0.29) is 11.0 Å². The van der Waals surface area contributed by atoms with E-state index in [1.807, 2.05) is 0 Å². The highest BCUT2D eigenvalue weighted by Gasteiger charge is 2.16. The quantitative estimate of drug-likeness (QED) is 0.645. The second-order valence-corrected chi connectivity index (χ2v) is 6.36. The minimum absolute atomic E-state index is 0.00636. The lowest BCUT2D eigenvalue weighted by atomic mass is 9.99. The molecule has 7 heteroatoms. The molecule has 7 nitrogen and oxygen atoms in total. The number of fused-ring (bicyclic) bond motifs is 1. The monoisotopic (exact) mass is 313 g/mol. The van der Waals surface area contributed by atoms with Crippen molar-refractivity contribution < 1.29 is 9.53 Å². The first kappa shape index (κ1) is 16.5. The number of nitrogens with two attached hydrogens (primary N) is 1. The zero-order chi connectivity index (χ0) is 17.0. The molecule has 0 saturated carbocycles. The second kappa shape index (κ2) is 6.48. The Morgan fingerprint density at radius 3 is 2.83 bits per heavy atom. The molecule has 0 unspecified atom stereocenters. The van der Waals surface area contributed by atoms with Crippen molar-refractivity contribution in [1.29, 1.82) is 5.26 Å². The molecular formula is C16H19N5O2. The third kappa shape index (κ3) is 4.07. The predicted octanol–water partition coefficient (Wildman–Crippen LogP) is 1.86. The van der Waals surface area contributed by atoms with Crippen LogP contribution in [0.1, 0.15) is 26.3 Å². The van der Waals surface area contributed by atoms with Gasteiger partial charge in [-0.05, 0) is 17.4 Å². The third-order valence-electron chi connectivity index (χ3n) is 3.07. The van der Waals surface area contributed by atoms with E-state index in [9.17, 15) is 4.79 Å². The Kier molecular flexibility index (Phi) is 4.65. The Labute approximate surface area is 134 Å². The fourth-order valence-corrected chi connectivity index (χ4v) is 1.96. The second-order valence-electron chi connectivity index (χ2n) is 6.36. The Hall–Kier alpha value is -2.88. The van der Waals surface area contributed by atoms with Crippen LogP contribution in [0.2, 0.25) is 0 Å². The maximum absolute atomic E-state index is 11.1. The average Bonchev–Trinajstić information content (AvgIpc) is 2.88. The number of carbonyl (C=O) groups excluding carboxylic acids is 1. The Morgan fingerprint density at radius 1 is 1.48 bits per heavy atom. The molecule has 0 atom stereocenters. The number of aromatic amines is 1. The molecule has 0 saturated heterocycles. The molecule has 120 valence electrons. The van der Waals surface area contributed by atoms with E-state index in [1.165, 1.54) is 12.4 Å². The zero-order valence-corrected chi connectivity index (χ0v) is 13.4. The number of allylic oxidation sites excluding steroid dienone is 1. The molecule has 2 aromatic heterocycles. The van der Waals surface area contributed by atoms with Crippen molar-refractivity contribution in [2.75, 3.05) is 6.61 Å². The molecule has 3 N–H and O–H groups in total. The van der Waals surface area contributed by atoms with Crippen LogP contribution in [-0.2, 0) is 11.2 Å².